The molecule has 0 spiro atoms. The molecule has 0 N–H and O–H groups in total. The molecule has 0 radical (unpaired) electrons. The fourth-order valence-electron chi connectivity index (χ4n) is 3.11. The third-order valence-corrected chi connectivity index (χ3v) is 4.20. The molecular weight excluding hydrogens is 170 g/mol. The van der Waals surface area contributed by atoms with Gasteiger partial charge in [-0.1, -0.05) is 39.5 Å². The van der Waals surface area contributed by atoms with E-state index in [1.807, 2.05) is 0 Å². The highest BCUT2D eigenvalue weighted by Gasteiger charge is 2.29. The van der Waals surface area contributed by atoms with Gasteiger partial charge >= 0.3 is 0 Å². The van der Waals surface area contributed by atoms with Gasteiger partial charge in [-0.15, -0.1) is 0 Å². The van der Waals surface area contributed by atoms with E-state index in [9.17, 15) is 0 Å². The first-order chi connectivity index (χ1) is 6.79. The zero-order valence-electron chi connectivity index (χ0n) is 9.84. The van der Waals surface area contributed by atoms with Gasteiger partial charge in [0, 0.05) is 19.6 Å². The second kappa shape index (κ2) is 4.65. The summed E-state index contributed by atoms with van der Waals surface area (Å²) in [6.07, 6.45) is 7.38. The molecule has 2 rings (SSSR count). The maximum atomic E-state index is 2.60. The van der Waals surface area contributed by atoms with Gasteiger partial charge in [0.1, 0.15) is 0 Å². The molecular formula is C13H25N. The van der Waals surface area contributed by atoms with Crippen molar-refractivity contribution in [1.29, 1.82) is 0 Å². The summed E-state index contributed by atoms with van der Waals surface area (Å²) in [6.45, 7) is 8.97. The predicted molar refractivity (Wildman–Crippen MR) is 61.3 cm³/mol. The Labute approximate surface area is 88.9 Å². The van der Waals surface area contributed by atoms with Crippen LogP contribution in [0.4, 0.5) is 0 Å². The van der Waals surface area contributed by atoms with Gasteiger partial charge in [0.05, 0.1) is 0 Å². The molecule has 1 heteroatoms. The van der Waals surface area contributed by atoms with Gasteiger partial charge < -0.3 is 4.90 Å². The molecule has 2 fully saturated rings. The second-order valence-corrected chi connectivity index (χ2v) is 5.50. The van der Waals surface area contributed by atoms with Crippen molar-refractivity contribution in [2.24, 2.45) is 17.8 Å². The predicted octanol–water partition coefficient (Wildman–Crippen LogP) is 3.15. The summed E-state index contributed by atoms with van der Waals surface area (Å²) in [5.41, 5.74) is 0. The Hall–Kier alpha value is -0.0400. The Balaban J connectivity index is 1.82. The molecule has 1 aliphatic carbocycles. The van der Waals surface area contributed by atoms with Crippen LogP contribution in [0.1, 0.15) is 46.0 Å². The van der Waals surface area contributed by atoms with E-state index in [1.165, 1.54) is 51.7 Å². The van der Waals surface area contributed by atoms with Crippen LogP contribution in [0.15, 0.2) is 0 Å². The van der Waals surface area contributed by atoms with Gasteiger partial charge in [0.25, 0.3) is 0 Å². The Bertz CT molecular complexity index is 172. The first-order valence-corrected chi connectivity index (χ1v) is 6.52. The van der Waals surface area contributed by atoms with Crippen LogP contribution in [-0.4, -0.2) is 24.5 Å². The molecule has 0 aromatic carbocycles. The van der Waals surface area contributed by atoms with Gasteiger partial charge in [-0.3, -0.25) is 0 Å². The van der Waals surface area contributed by atoms with Crippen LogP contribution < -0.4 is 0 Å². The lowest BCUT2D eigenvalue weighted by molar-refractivity contribution is 0.182. The zero-order chi connectivity index (χ0) is 9.97. The average molecular weight is 195 g/mol. The lowest BCUT2D eigenvalue weighted by Crippen LogP contribution is -2.26. The lowest BCUT2D eigenvalue weighted by Gasteiger charge is -2.33. The monoisotopic (exact) mass is 195 g/mol. The quantitative estimate of drug-likeness (QED) is 0.623. The van der Waals surface area contributed by atoms with Crippen LogP contribution in [0.25, 0.3) is 0 Å². The lowest BCUT2D eigenvalue weighted by atomic mass is 9.75. The fraction of sp³-hybridized carbons (Fsp3) is 1.00. The number of hydrogen-bond acceptors (Lipinski definition) is 1. The third kappa shape index (κ3) is 2.73. The van der Waals surface area contributed by atoms with Crippen molar-refractivity contribution in [2.45, 2.75) is 46.0 Å². The maximum Gasteiger partial charge on any atom is 0.0110 e. The second-order valence-electron chi connectivity index (χ2n) is 5.50. The van der Waals surface area contributed by atoms with E-state index >= 15 is 0 Å². The normalized spacial score (nSPS) is 35.6. The molecule has 0 amide bonds. The maximum absolute atomic E-state index is 2.60. The Morgan fingerprint density at radius 3 is 2.64 bits per heavy atom. The summed E-state index contributed by atoms with van der Waals surface area (Å²) in [4.78, 5) is 2.60. The third-order valence-electron chi connectivity index (χ3n) is 4.20. The van der Waals surface area contributed by atoms with Gasteiger partial charge in [-0.2, -0.15) is 0 Å². The molecule has 0 bridgehead atoms. The molecule has 1 aliphatic heterocycles. The molecule has 2 aliphatic rings. The smallest absolute Gasteiger partial charge is 0.0110 e. The van der Waals surface area contributed by atoms with E-state index in [0.29, 0.717) is 0 Å². The van der Waals surface area contributed by atoms with Crippen molar-refractivity contribution in [3.8, 4) is 0 Å². The molecule has 82 valence electrons. The fourth-order valence-corrected chi connectivity index (χ4v) is 3.11. The topological polar surface area (TPSA) is 3.01 Å². The van der Waals surface area contributed by atoms with Crippen LogP contribution in [0, 0.1) is 17.8 Å². The molecule has 0 unspecified atom stereocenters. The molecule has 1 heterocycles. The minimum atomic E-state index is 0.997. The summed E-state index contributed by atoms with van der Waals surface area (Å²) >= 11 is 0. The minimum Gasteiger partial charge on any atom is -0.301 e. The van der Waals surface area contributed by atoms with Crippen molar-refractivity contribution in [2.75, 3.05) is 19.6 Å². The minimum absolute atomic E-state index is 0.997. The van der Waals surface area contributed by atoms with Crippen LogP contribution >= 0.6 is 0 Å². The summed E-state index contributed by atoms with van der Waals surface area (Å²) in [5, 5.41) is 0. The Kier molecular flexibility index (Phi) is 3.48. The van der Waals surface area contributed by atoms with Crippen molar-refractivity contribution in [3.05, 3.63) is 0 Å². The van der Waals surface area contributed by atoms with Crippen molar-refractivity contribution in [1.82, 2.24) is 4.90 Å². The first-order valence-electron chi connectivity index (χ1n) is 6.52. The van der Waals surface area contributed by atoms with Crippen LogP contribution in [0.3, 0.4) is 0 Å². The Morgan fingerprint density at radius 2 is 2.07 bits per heavy atom. The molecule has 0 aromatic heterocycles. The molecule has 1 saturated heterocycles. The van der Waals surface area contributed by atoms with Crippen LogP contribution in [0.2, 0.25) is 0 Å². The summed E-state index contributed by atoms with van der Waals surface area (Å²) in [7, 11) is 0. The molecule has 3 atom stereocenters. The van der Waals surface area contributed by atoms with Gasteiger partial charge in [0.15, 0.2) is 0 Å². The van der Waals surface area contributed by atoms with Gasteiger partial charge in [-0.05, 0) is 24.2 Å². The van der Waals surface area contributed by atoms with E-state index in [4.69, 9.17) is 0 Å². The SMILES string of the molecule is CC[C@H](CN1CC1)[C@@H]1CCC[C@H](C)C1. The largest absolute Gasteiger partial charge is 0.301 e. The van der Waals surface area contributed by atoms with Gasteiger partial charge in [0.2, 0.25) is 0 Å². The van der Waals surface area contributed by atoms with Gasteiger partial charge in [-0.25, -0.2) is 0 Å². The number of rotatable bonds is 4. The average Bonchev–Trinajstić information content (AvgIpc) is 2.98. The molecule has 1 saturated carbocycles. The molecule has 1 nitrogen and oxygen atoms in total. The van der Waals surface area contributed by atoms with E-state index in [-0.39, 0.29) is 0 Å². The highest BCUT2D eigenvalue weighted by Crippen LogP contribution is 2.35. The van der Waals surface area contributed by atoms with E-state index < -0.39 is 0 Å². The highest BCUT2D eigenvalue weighted by molar-refractivity contribution is 4.82. The van der Waals surface area contributed by atoms with E-state index in [1.54, 1.807) is 0 Å². The van der Waals surface area contributed by atoms with Crippen molar-refractivity contribution >= 4 is 0 Å². The summed E-state index contributed by atoms with van der Waals surface area (Å²) < 4.78 is 0. The summed E-state index contributed by atoms with van der Waals surface area (Å²) in [6, 6.07) is 0. The number of nitrogens with zero attached hydrogens (tertiary/aromatic N) is 1. The highest BCUT2D eigenvalue weighted by atomic mass is 15.3. The first kappa shape index (κ1) is 10.5. The van der Waals surface area contributed by atoms with E-state index in [0.717, 1.165) is 17.8 Å². The molecule has 0 aromatic rings. The Morgan fingerprint density at radius 1 is 1.29 bits per heavy atom. The van der Waals surface area contributed by atoms with Crippen LogP contribution in [-0.2, 0) is 0 Å². The molecule has 14 heavy (non-hydrogen) atoms. The standard InChI is InChI=1S/C13H25N/c1-3-12(10-14-7-8-14)13-6-4-5-11(2)9-13/h11-13H,3-10H2,1-2H3/t11-,12+,13+/m0/s1. The van der Waals surface area contributed by atoms with Crippen molar-refractivity contribution in [3.63, 3.8) is 0 Å². The van der Waals surface area contributed by atoms with Crippen molar-refractivity contribution < 1.29 is 0 Å². The van der Waals surface area contributed by atoms with Crippen LogP contribution in [0.5, 0.6) is 0 Å². The van der Waals surface area contributed by atoms with E-state index in [2.05, 4.69) is 18.7 Å². The number of hydrogen-bond donors (Lipinski definition) is 0. The zero-order valence-corrected chi connectivity index (χ0v) is 9.84. The summed E-state index contributed by atoms with van der Waals surface area (Å²) in [5.74, 6) is 3.04.